The molecule has 0 heterocycles. The zero-order valence-electron chi connectivity index (χ0n) is 16.0. The van der Waals surface area contributed by atoms with Gasteiger partial charge in [-0.15, -0.1) is 37.2 Å². The van der Waals surface area contributed by atoms with E-state index in [0.717, 1.165) is 0 Å². The molecule has 0 saturated heterocycles. The van der Waals surface area contributed by atoms with Crippen LogP contribution in [0.4, 0.5) is 0 Å². The van der Waals surface area contributed by atoms with Gasteiger partial charge in [0.25, 0.3) is 0 Å². The monoisotopic (exact) mass is 503 g/mol. The van der Waals surface area contributed by atoms with Gasteiger partial charge in [0.1, 0.15) is 0 Å². The Morgan fingerprint density at radius 2 is 1.07 bits per heavy atom. The number of carbonyl (C=O) groups is 2. The van der Waals surface area contributed by atoms with Crippen LogP contribution in [0.2, 0.25) is 0 Å². The second kappa shape index (κ2) is 17.1. The molecule has 0 aromatic rings. The quantitative estimate of drug-likeness (QED) is 0.125. The Balaban J connectivity index is -0.00000243. The molecule has 0 radical (unpaired) electrons. The van der Waals surface area contributed by atoms with Crippen molar-refractivity contribution in [3.8, 4) is 0 Å². The fourth-order valence-corrected chi connectivity index (χ4v) is 3.03. The first kappa shape index (κ1) is 34.1. The van der Waals surface area contributed by atoms with Crippen LogP contribution in [0.25, 0.3) is 0 Å². The van der Waals surface area contributed by atoms with Crippen molar-refractivity contribution in [1.29, 1.82) is 0 Å². The van der Waals surface area contributed by atoms with E-state index in [4.69, 9.17) is 15.3 Å². The van der Waals surface area contributed by atoms with Crippen LogP contribution >= 0.6 is 37.2 Å². The number of hydrogen-bond donors (Lipinski definition) is 10. The summed E-state index contributed by atoms with van der Waals surface area (Å²) in [6.45, 7) is -0.764. The van der Waals surface area contributed by atoms with E-state index in [-0.39, 0.29) is 69.7 Å². The van der Waals surface area contributed by atoms with Gasteiger partial charge in [0.2, 0.25) is 0 Å². The molecule has 3 unspecified atom stereocenters. The Kier molecular flexibility index (Phi) is 19.4. The van der Waals surface area contributed by atoms with Crippen LogP contribution in [0.15, 0.2) is 0 Å². The van der Waals surface area contributed by atoms with Crippen LogP contribution in [-0.4, -0.2) is 116 Å². The molecule has 1 rings (SSSR count). The third-order valence-corrected chi connectivity index (χ3v) is 4.45. The predicted molar refractivity (Wildman–Crippen MR) is 113 cm³/mol. The highest BCUT2D eigenvalue weighted by Crippen LogP contribution is 2.22. The molecule has 0 aromatic heterocycles. The molecule has 0 aliphatic heterocycles. The zero-order valence-corrected chi connectivity index (χ0v) is 18.4. The number of aliphatic carboxylic acids is 2. The molecular weight excluding hydrogens is 473 g/mol. The summed E-state index contributed by atoms with van der Waals surface area (Å²) >= 11 is 0. The third kappa shape index (κ3) is 10.7. The van der Waals surface area contributed by atoms with E-state index in [1.165, 1.54) is 0 Å². The molecule has 0 aromatic carbocycles. The Labute approximate surface area is 192 Å². The average molecular weight is 505 g/mol. The van der Waals surface area contributed by atoms with Gasteiger partial charge in [-0.3, -0.25) is 9.59 Å². The summed E-state index contributed by atoms with van der Waals surface area (Å²) in [7, 11) is 0. The van der Waals surface area contributed by atoms with Crippen molar-refractivity contribution in [1.82, 2.24) is 16.0 Å². The molecule has 1 saturated carbocycles. The lowest BCUT2D eigenvalue weighted by atomic mass is 9.79. The summed E-state index contributed by atoms with van der Waals surface area (Å²) in [5.41, 5.74) is 0. The topological polar surface area (TPSA) is 212 Å². The van der Waals surface area contributed by atoms with Crippen LogP contribution in [0.3, 0.4) is 0 Å². The van der Waals surface area contributed by atoms with E-state index in [0.29, 0.717) is 0 Å². The maximum absolute atomic E-state index is 10.7. The van der Waals surface area contributed by atoms with Crippen molar-refractivity contribution in [3.05, 3.63) is 0 Å². The van der Waals surface area contributed by atoms with Crippen LogP contribution in [0.1, 0.15) is 12.8 Å². The van der Waals surface area contributed by atoms with E-state index in [1.54, 1.807) is 0 Å². The summed E-state index contributed by atoms with van der Waals surface area (Å²) in [5.74, 6) is -2.14. The zero-order chi connectivity index (χ0) is 20.6. The maximum atomic E-state index is 10.7. The minimum atomic E-state index is -1.34. The summed E-state index contributed by atoms with van der Waals surface area (Å²) in [6.07, 6.45) is -5.65. The fourth-order valence-electron chi connectivity index (χ4n) is 3.03. The number of aliphatic hydroxyl groups excluding tert-OH is 5. The number of nitrogens with one attached hydrogen (secondary N) is 3. The minimum absolute atomic E-state index is 0. The molecule has 1 aliphatic rings. The summed E-state index contributed by atoms with van der Waals surface area (Å²) < 4.78 is 0. The molecule has 30 heavy (non-hydrogen) atoms. The van der Waals surface area contributed by atoms with E-state index in [1.807, 2.05) is 0 Å². The van der Waals surface area contributed by atoms with Crippen molar-refractivity contribution in [2.45, 2.75) is 55.4 Å². The largest absolute Gasteiger partial charge is 0.481 e. The van der Waals surface area contributed by atoms with Gasteiger partial charge < -0.3 is 51.7 Å². The second-order valence-electron chi connectivity index (χ2n) is 6.49. The molecule has 1 aliphatic carbocycles. The Hall–Kier alpha value is -0.510. The van der Waals surface area contributed by atoms with Crippen molar-refractivity contribution < 1.29 is 45.3 Å². The lowest BCUT2D eigenvalue weighted by molar-refractivity contribution is -0.137. The molecule has 12 nitrogen and oxygen atoms in total. The normalized spacial score (nSPS) is 29.0. The van der Waals surface area contributed by atoms with Crippen molar-refractivity contribution >= 4 is 49.2 Å². The van der Waals surface area contributed by atoms with Gasteiger partial charge in [0, 0.05) is 19.6 Å². The van der Waals surface area contributed by atoms with Gasteiger partial charge in [0.15, 0.2) is 0 Å². The van der Waals surface area contributed by atoms with E-state index in [9.17, 15) is 30.0 Å². The summed E-state index contributed by atoms with van der Waals surface area (Å²) in [5, 5.41) is 75.5. The molecule has 0 spiro atoms. The summed E-state index contributed by atoms with van der Waals surface area (Å²) in [6, 6.07) is -3.06. The molecule has 182 valence electrons. The molecule has 10 N–H and O–H groups in total. The van der Waals surface area contributed by atoms with Gasteiger partial charge in [-0.1, -0.05) is 0 Å². The number of carboxylic acids is 2. The standard InChI is InChI=1S/C15H29N3O9.3ClH/c19-6-7(20)5-18-12-14(26)10(16-3-1-8(21)22)13(25)11(15(12)27)17-4-2-9(23)24;;;/h7,10-20,25-27H,1-6H2,(H,21,22)(H,23,24);3*1H/t7?,10-,11+,12?,13?,14-,15+;;;. The predicted octanol–water partition coefficient (Wildman–Crippen LogP) is -3.47. The van der Waals surface area contributed by atoms with Gasteiger partial charge in [-0.25, -0.2) is 0 Å². The second-order valence-corrected chi connectivity index (χ2v) is 6.49. The number of aliphatic hydroxyl groups is 5. The first-order chi connectivity index (χ1) is 12.7. The number of rotatable bonds is 12. The SMILES string of the molecule is Cl.Cl.Cl.O=C(O)CCN[C@@H]1C(O)[C@H](NCCC(=O)O)[C@H](O)C(NCC(O)CO)[C@@H]1O. The fraction of sp³-hybridized carbons (Fsp3) is 0.867. The van der Waals surface area contributed by atoms with Crippen LogP contribution in [0, 0.1) is 0 Å². The van der Waals surface area contributed by atoms with Gasteiger partial charge in [0.05, 0.1) is 62.0 Å². The Morgan fingerprint density at radius 3 is 1.37 bits per heavy atom. The van der Waals surface area contributed by atoms with Gasteiger partial charge in [-0.05, 0) is 0 Å². The number of hydrogen-bond acceptors (Lipinski definition) is 10. The summed E-state index contributed by atoms with van der Waals surface area (Å²) in [4.78, 5) is 21.3. The first-order valence-electron chi connectivity index (χ1n) is 8.65. The van der Waals surface area contributed by atoms with Gasteiger partial charge in [-0.2, -0.15) is 0 Å². The minimum Gasteiger partial charge on any atom is -0.481 e. The highest BCUT2D eigenvalue weighted by molar-refractivity contribution is 5.86. The van der Waals surface area contributed by atoms with E-state index >= 15 is 0 Å². The molecule has 15 heteroatoms. The highest BCUT2D eigenvalue weighted by Gasteiger charge is 2.48. The number of halogens is 3. The molecule has 1 fully saturated rings. The molecule has 0 bridgehead atoms. The molecule has 0 amide bonds. The Bertz CT molecular complexity index is 462. The number of carboxylic acid groups (broad SMARTS) is 2. The van der Waals surface area contributed by atoms with Gasteiger partial charge >= 0.3 is 11.9 Å². The lowest BCUT2D eigenvalue weighted by Gasteiger charge is -2.47. The van der Waals surface area contributed by atoms with Crippen LogP contribution in [0.5, 0.6) is 0 Å². The smallest absolute Gasteiger partial charge is 0.304 e. The highest BCUT2D eigenvalue weighted by atomic mass is 35.5. The third-order valence-electron chi connectivity index (χ3n) is 4.45. The van der Waals surface area contributed by atoms with Crippen molar-refractivity contribution in [2.24, 2.45) is 0 Å². The van der Waals surface area contributed by atoms with Crippen molar-refractivity contribution in [2.75, 3.05) is 26.2 Å². The van der Waals surface area contributed by atoms with Crippen molar-refractivity contribution in [3.63, 3.8) is 0 Å². The van der Waals surface area contributed by atoms with Crippen LogP contribution in [-0.2, 0) is 9.59 Å². The van der Waals surface area contributed by atoms with E-state index < -0.39 is 61.1 Å². The molecular formula is C15H32Cl3N3O9. The molecule has 7 atom stereocenters. The van der Waals surface area contributed by atoms with Crippen LogP contribution < -0.4 is 16.0 Å². The average Bonchev–Trinajstić information content (AvgIpc) is 2.59. The first-order valence-corrected chi connectivity index (χ1v) is 8.65. The Morgan fingerprint density at radius 1 is 0.733 bits per heavy atom. The van der Waals surface area contributed by atoms with E-state index in [2.05, 4.69) is 16.0 Å². The lowest BCUT2D eigenvalue weighted by Crippen LogP contribution is -2.74. The maximum Gasteiger partial charge on any atom is 0.304 e.